The lowest BCUT2D eigenvalue weighted by atomic mass is 9.92. The van der Waals surface area contributed by atoms with Crippen molar-refractivity contribution < 1.29 is 23.4 Å². The molecule has 4 rings (SSSR count). The highest BCUT2D eigenvalue weighted by molar-refractivity contribution is 6.05. The molecule has 1 atom stereocenters. The van der Waals surface area contributed by atoms with E-state index >= 15 is 0 Å². The molecule has 168 valence electrons. The summed E-state index contributed by atoms with van der Waals surface area (Å²) in [7, 11) is 0. The number of halogens is 2. The molecule has 8 heteroatoms. The largest absolute Gasteiger partial charge is 0.426 e. The molecule has 1 aliphatic heterocycles. The Morgan fingerprint density at radius 3 is 2.34 bits per heavy atom. The van der Waals surface area contributed by atoms with Crippen molar-refractivity contribution in [3.05, 3.63) is 58.7 Å². The Morgan fingerprint density at radius 2 is 1.81 bits per heavy atom. The third kappa shape index (κ3) is 3.90. The van der Waals surface area contributed by atoms with Gasteiger partial charge in [0.15, 0.2) is 17.5 Å². The fourth-order valence-corrected chi connectivity index (χ4v) is 4.57. The van der Waals surface area contributed by atoms with Crippen LogP contribution in [0.5, 0.6) is 0 Å². The second kappa shape index (κ2) is 7.78. The van der Waals surface area contributed by atoms with E-state index in [1.807, 2.05) is 0 Å². The SMILES string of the molecule is CC(=N)OC(=N)c1ccc(-c2c(F)c(F)cc3c2C(=O)N(C(C2CC2)C(C)(C)O)C3)cc1. The van der Waals surface area contributed by atoms with Gasteiger partial charge in [0.25, 0.3) is 5.91 Å². The highest BCUT2D eigenvalue weighted by atomic mass is 19.2. The zero-order valence-corrected chi connectivity index (χ0v) is 18.1. The molecule has 3 N–H and O–H groups in total. The molecule has 0 spiro atoms. The monoisotopic (exact) mass is 441 g/mol. The molecule has 1 amide bonds. The molecular formula is C24H25F2N3O3. The van der Waals surface area contributed by atoms with Crippen LogP contribution in [0.25, 0.3) is 11.1 Å². The van der Waals surface area contributed by atoms with E-state index in [4.69, 9.17) is 15.6 Å². The summed E-state index contributed by atoms with van der Waals surface area (Å²) in [6, 6.07) is 6.61. The Morgan fingerprint density at radius 1 is 1.19 bits per heavy atom. The molecular weight excluding hydrogens is 416 g/mol. The number of carbonyl (C=O) groups is 1. The Labute approximate surface area is 184 Å². The molecule has 6 nitrogen and oxygen atoms in total. The minimum Gasteiger partial charge on any atom is -0.426 e. The van der Waals surface area contributed by atoms with Crippen LogP contribution < -0.4 is 0 Å². The first-order valence-electron chi connectivity index (χ1n) is 10.5. The van der Waals surface area contributed by atoms with Crippen LogP contribution in [0.2, 0.25) is 0 Å². The maximum absolute atomic E-state index is 15.0. The molecule has 1 fully saturated rings. The van der Waals surface area contributed by atoms with Crippen molar-refractivity contribution >= 4 is 17.7 Å². The summed E-state index contributed by atoms with van der Waals surface area (Å²) in [4.78, 5) is 15.0. The Bertz CT molecular complexity index is 1120. The predicted molar refractivity (Wildman–Crippen MR) is 116 cm³/mol. The van der Waals surface area contributed by atoms with Gasteiger partial charge >= 0.3 is 0 Å². The Hall–Kier alpha value is -3.13. The van der Waals surface area contributed by atoms with Gasteiger partial charge in [-0.15, -0.1) is 0 Å². The molecule has 0 saturated heterocycles. The van der Waals surface area contributed by atoms with Crippen molar-refractivity contribution in [1.29, 1.82) is 10.8 Å². The lowest BCUT2D eigenvalue weighted by molar-refractivity contribution is -0.0224. The summed E-state index contributed by atoms with van der Waals surface area (Å²) >= 11 is 0. The summed E-state index contributed by atoms with van der Waals surface area (Å²) in [6.45, 7) is 4.81. The van der Waals surface area contributed by atoms with Gasteiger partial charge in [-0.05, 0) is 61.9 Å². The number of benzene rings is 2. The maximum atomic E-state index is 15.0. The zero-order valence-electron chi connectivity index (χ0n) is 18.1. The topological polar surface area (TPSA) is 97.5 Å². The van der Waals surface area contributed by atoms with Crippen LogP contribution >= 0.6 is 0 Å². The van der Waals surface area contributed by atoms with Crippen LogP contribution in [0.3, 0.4) is 0 Å². The number of nitrogens with zero attached hydrogens (tertiary/aromatic N) is 1. The predicted octanol–water partition coefficient (Wildman–Crippen LogP) is 4.48. The van der Waals surface area contributed by atoms with Gasteiger partial charge in [0.2, 0.25) is 5.90 Å². The van der Waals surface area contributed by atoms with E-state index in [2.05, 4.69) is 0 Å². The van der Waals surface area contributed by atoms with E-state index in [-0.39, 0.29) is 35.4 Å². The van der Waals surface area contributed by atoms with Crippen LogP contribution in [-0.2, 0) is 11.3 Å². The van der Waals surface area contributed by atoms with Gasteiger partial charge in [-0.3, -0.25) is 15.6 Å². The van der Waals surface area contributed by atoms with Gasteiger partial charge in [-0.2, -0.15) is 0 Å². The number of fused-ring (bicyclic) bond motifs is 1. The van der Waals surface area contributed by atoms with Crippen molar-refractivity contribution in [2.45, 2.75) is 51.8 Å². The fraction of sp³-hybridized carbons (Fsp3) is 0.375. The van der Waals surface area contributed by atoms with Crippen LogP contribution in [0, 0.1) is 28.4 Å². The molecule has 0 radical (unpaired) electrons. The fourth-order valence-electron chi connectivity index (χ4n) is 4.57. The van der Waals surface area contributed by atoms with Gasteiger partial charge in [0.05, 0.1) is 17.2 Å². The minimum atomic E-state index is -1.15. The maximum Gasteiger partial charge on any atom is 0.255 e. The van der Waals surface area contributed by atoms with E-state index in [0.717, 1.165) is 18.9 Å². The first-order chi connectivity index (χ1) is 15.0. The van der Waals surface area contributed by atoms with E-state index in [1.54, 1.807) is 13.8 Å². The average molecular weight is 441 g/mol. The van der Waals surface area contributed by atoms with Crippen molar-refractivity contribution in [2.75, 3.05) is 0 Å². The number of carbonyl (C=O) groups excluding carboxylic acids is 1. The van der Waals surface area contributed by atoms with E-state index in [9.17, 15) is 18.7 Å². The van der Waals surface area contributed by atoms with Crippen molar-refractivity contribution in [1.82, 2.24) is 4.90 Å². The van der Waals surface area contributed by atoms with Gasteiger partial charge in [0.1, 0.15) is 0 Å². The molecule has 0 aromatic heterocycles. The van der Waals surface area contributed by atoms with Crippen molar-refractivity contribution in [3.63, 3.8) is 0 Å². The summed E-state index contributed by atoms with van der Waals surface area (Å²) in [6.07, 6.45) is 1.80. The molecule has 0 bridgehead atoms. The highest BCUT2D eigenvalue weighted by Gasteiger charge is 2.48. The first-order valence-corrected chi connectivity index (χ1v) is 10.5. The molecule has 2 aliphatic rings. The number of hydrogen-bond donors (Lipinski definition) is 3. The number of ether oxygens (including phenoxy) is 1. The lowest BCUT2D eigenvalue weighted by Gasteiger charge is -2.37. The number of aliphatic hydroxyl groups is 1. The first kappa shape index (κ1) is 22.1. The Balaban J connectivity index is 1.75. The summed E-state index contributed by atoms with van der Waals surface area (Å²) < 4.78 is 34.5. The smallest absolute Gasteiger partial charge is 0.255 e. The lowest BCUT2D eigenvalue weighted by Crippen LogP contribution is -2.51. The van der Waals surface area contributed by atoms with Crippen LogP contribution in [-0.4, -0.2) is 39.4 Å². The van der Waals surface area contributed by atoms with Crippen LogP contribution in [0.15, 0.2) is 30.3 Å². The molecule has 2 aromatic rings. The molecule has 32 heavy (non-hydrogen) atoms. The molecule has 1 heterocycles. The summed E-state index contributed by atoms with van der Waals surface area (Å²) in [5, 5.41) is 25.9. The van der Waals surface area contributed by atoms with Gasteiger partial charge in [-0.25, -0.2) is 8.78 Å². The summed E-state index contributed by atoms with van der Waals surface area (Å²) in [5.41, 5.74) is -0.127. The van der Waals surface area contributed by atoms with Gasteiger partial charge in [0, 0.05) is 24.6 Å². The quantitative estimate of drug-likeness (QED) is 0.472. The highest BCUT2D eigenvalue weighted by Crippen LogP contribution is 2.45. The van der Waals surface area contributed by atoms with E-state index < -0.39 is 29.2 Å². The third-order valence-corrected chi connectivity index (χ3v) is 5.94. The normalized spacial score (nSPS) is 16.7. The standard InChI is InChI=1S/C24H25F2N3O3/c1-12(27)32-22(28)15-8-4-13(5-9-15)18-19-16(10-17(25)20(18)26)11-29(23(19)30)21(14-6-7-14)24(2,3)31/h4-5,8-10,14,21,27-28,31H,6-7,11H2,1-3H3. The molecule has 1 saturated carbocycles. The molecule has 2 aromatic carbocycles. The number of hydrogen-bond acceptors (Lipinski definition) is 5. The third-order valence-electron chi connectivity index (χ3n) is 5.94. The molecule has 1 unspecified atom stereocenters. The number of nitrogens with one attached hydrogen (secondary N) is 2. The number of amides is 1. The summed E-state index contributed by atoms with van der Waals surface area (Å²) in [5.74, 6) is -2.80. The van der Waals surface area contributed by atoms with E-state index in [1.165, 1.54) is 36.1 Å². The van der Waals surface area contributed by atoms with Gasteiger partial charge < -0.3 is 14.7 Å². The molecule has 1 aliphatic carbocycles. The van der Waals surface area contributed by atoms with Crippen molar-refractivity contribution in [2.24, 2.45) is 5.92 Å². The second-order valence-electron chi connectivity index (χ2n) is 9.02. The van der Waals surface area contributed by atoms with E-state index in [0.29, 0.717) is 16.7 Å². The van der Waals surface area contributed by atoms with Crippen molar-refractivity contribution in [3.8, 4) is 11.1 Å². The Kier molecular flexibility index (Phi) is 5.36. The second-order valence-corrected chi connectivity index (χ2v) is 9.02. The minimum absolute atomic E-state index is 0.105. The van der Waals surface area contributed by atoms with Crippen LogP contribution in [0.4, 0.5) is 8.78 Å². The average Bonchev–Trinajstić information content (AvgIpc) is 3.47. The van der Waals surface area contributed by atoms with Gasteiger partial charge in [-0.1, -0.05) is 12.1 Å². The van der Waals surface area contributed by atoms with Crippen LogP contribution in [0.1, 0.15) is 55.1 Å². The zero-order chi connectivity index (χ0) is 23.4. The number of rotatable bonds is 5.